The van der Waals surface area contributed by atoms with Crippen molar-refractivity contribution in [2.45, 2.75) is 44.7 Å². The van der Waals surface area contributed by atoms with Crippen LogP contribution in [-0.4, -0.2) is 49.9 Å². The summed E-state index contributed by atoms with van der Waals surface area (Å²) in [5.41, 5.74) is 3.50. The van der Waals surface area contributed by atoms with Gasteiger partial charge in [0.1, 0.15) is 17.6 Å². The maximum Gasteiger partial charge on any atom is 0.251 e. The van der Waals surface area contributed by atoms with Gasteiger partial charge in [0.2, 0.25) is 0 Å². The molecule has 1 unspecified atom stereocenters. The van der Waals surface area contributed by atoms with Crippen molar-refractivity contribution in [2.75, 3.05) is 13.1 Å². The highest BCUT2D eigenvalue weighted by Crippen LogP contribution is 2.27. The minimum Gasteiger partial charge on any atom is -0.365 e. The number of rotatable bonds is 5. The number of pyridine rings is 1. The lowest BCUT2D eigenvalue weighted by Crippen LogP contribution is -2.44. The average molecular weight is 436 g/mol. The molecule has 0 saturated carbocycles. The van der Waals surface area contributed by atoms with Gasteiger partial charge in [0, 0.05) is 43.6 Å². The maximum atomic E-state index is 13.2. The van der Waals surface area contributed by atoms with E-state index in [1.807, 2.05) is 4.68 Å². The minimum atomic E-state index is -0.256. The molecule has 5 rings (SSSR count). The number of piperidine rings is 1. The molecule has 2 aliphatic rings. The van der Waals surface area contributed by atoms with Crippen LogP contribution in [0.1, 0.15) is 46.3 Å². The molecule has 1 atom stereocenters. The van der Waals surface area contributed by atoms with Gasteiger partial charge >= 0.3 is 0 Å². The number of likely N-dealkylation sites (tertiary alicyclic amines) is 1. The molecule has 0 radical (unpaired) electrons. The Morgan fingerprint density at radius 2 is 1.88 bits per heavy atom. The van der Waals surface area contributed by atoms with Crippen molar-refractivity contribution in [2.24, 2.45) is 0 Å². The lowest BCUT2D eigenvalue weighted by Gasteiger charge is -2.32. The third-order valence-corrected chi connectivity index (χ3v) is 6.16. The molecule has 2 aromatic heterocycles. The number of halogens is 1. The van der Waals surface area contributed by atoms with E-state index in [2.05, 4.69) is 25.5 Å². The molecule has 1 N–H and O–H groups in total. The van der Waals surface area contributed by atoms with Crippen molar-refractivity contribution in [3.05, 3.63) is 77.1 Å². The summed E-state index contributed by atoms with van der Waals surface area (Å²) in [7, 11) is 0. The van der Waals surface area contributed by atoms with Crippen molar-refractivity contribution >= 4 is 5.91 Å². The largest absolute Gasteiger partial charge is 0.365 e. The van der Waals surface area contributed by atoms with E-state index >= 15 is 0 Å². The van der Waals surface area contributed by atoms with Gasteiger partial charge in [-0.25, -0.2) is 9.07 Å². The molecule has 0 aliphatic carbocycles. The highest BCUT2D eigenvalue weighted by Gasteiger charge is 2.27. The molecule has 1 amide bonds. The predicted octanol–water partition coefficient (Wildman–Crippen LogP) is 2.48. The Labute approximate surface area is 185 Å². The number of benzene rings is 1. The van der Waals surface area contributed by atoms with Crippen LogP contribution >= 0.6 is 0 Å². The Hall–Kier alpha value is -3.17. The molecule has 0 spiro atoms. The van der Waals surface area contributed by atoms with E-state index in [0.717, 1.165) is 42.9 Å². The van der Waals surface area contributed by atoms with Gasteiger partial charge < -0.3 is 10.1 Å². The third kappa shape index (κ3) is 4.53. The zero-order chi connectivity index (χ0) is 21.9. The number of nitrogens with one attached hydrogen (secondary N) is 1. The third-order valence-electron chi connectivity index (χ3n) is 6.16. The number of ether oxygens (including phenoxy) is 1. The SMILES string of the molecule is O=C(NC1CCN(Cc2nnn3c2COC(c2ccc(F)cc2)C3)CC1)c1ccncc1. The number of hydrogen-bond acceptors (Lipinski definition) is 6. The molecular formula is C23H25FN6O2. The summed E-state index contributed by atoms with van der Waals surface area (Å²) in [5.74, 6) is -0.305. The van der Waals surface area contributed by atoms with E-state index in [9.17, 15) is 9.18 Å². The van der Waals surface area contributed by atoms with Crippen LogP contribution in [0.2, 0.25) is 0 Å². The topological polar surface area (TPSA) is 85.2 Å². The summed E-state index contributed by atoms with van der Waals surface area (Å²) >= 11 is 0. The molecule has 8 nitrogen and oxygen atoms in total. The van der Waals surface area contributed by atoms with E-state index in [4.69, 9.17) is 4.74 Å². The maximum absolute atomic E-state index is 13.2. The number of aromatic nitrogens is 4. The smallest absolute Gasteiger partial charge is 0.251 e. The molecule has 9 heteroatoms. The van der Waals surface area contributed by atoms with E-state index in [0.29, 0.717) is 25.3 Å². The first-order chi connectivity index (χ1) is 15.7. The fraction of sp³-hybridized carbons (Fsp3) is 0.391. The van der Waals surface area contributed by atoms with Gasteiger partial charge in [-0.3, -0.25) is 14.7 Å². The number of carbonyl (C=O) groups excluding carboxylic acids is 1. The van der Waals surface area contributed by atoms with Gasteiger partial charge in [0.25, 0.3) is 5.91 Å². The second-order valence-electron chi connectivity index (χ2n) is 8.28. The number of fused-ring (bicyclic) bond motifs is 1. The first-order valence-corrected chi connectivity index (χ1v) is 10.9. The number of carbonyl (C=O) groups is 1. The van der Waals surface area contributed by atoms with Gasteiger partial charge in [-0.05, 0) is 42.7 Å². The van der Waals surface area contributed by atoms with E-state index in [1.165, 1.54) is 12.1 Å². The van der Waals surface area contributed by atoms with Gasteiger partial charge in [-0.15, -0.1) is 5.10 Å². The van der Waals surface area contributed by atoms with Crippen molar-refractivity contribution in [3.63, 3.8) is 0 Å². The van der Waals surface area contributed by atoms with Crippen LogP contribution < -0.4 is 5.32 Å². The van der Waals surface area contributed by atoms with Gasteiger partial charge in [-0.2, -0.15) is 0 Å². The fourth-order valence-corrected chi connectivity index (χ4v) is 4.28. The number of nitrogens with zero attached hydrogens (tertiary/aromatic N) is 5. The fourth-order valence-electron chi connectivity index (χ4n) is 4.28. The van der Waals surface area contributed by atoms with E-state index < -0.39 is 0 Å². The first kappa shape index (κ1) is 20.7. The molecule has 1 saturated heterocycles. The lowest BCUT2D eigenvalue weighted by molar-refractivity contribution is -0.00220. The summed E-state index contributed by atoms with van der Waals surface area (Å²) in [6, 6.07) is 10.0. The average Bonchev–Trinajstić information content (AvgIpc) is 3.23. The zero-order valence-corrected chi connectivity index (χ0v) is 17.7. The Bertz CT molecular complexity index is 1060. The lowest BCUT2D eigenvalue weighted by atomic mass is 10.0. The van der Waals surface area contributed by atoms with Gasteiger partial charge in [0.15, 0.2) is 0 Å². The van der Waals surface area contributed by atoms with Gasteiger partial charge in [-0.1, -0.05) is 17.3 Å². The van der Waals surface area contributed by atoms with Crippen LogP contribution in [0.15, 0.2) is 48.8 Å². The number of amides is 1. The van der Waals surface area contributed by atoms with E-state index in [1.54, 1.807) is 36.7 Å². The van der Waals surface area contributed by atoms with Crippen molar-refractivity contribution in [3.8, 4) is 0 Å². The van der Waals surface area contributed by atoms with Crippen LogP contribution in [0.5, 0.6) is 0 Å². The monoisotopic (exact) mass is 436 g/mol. The minimum absolute atomic E-state index is 0.0499. The molecule has 1 fully saturated rings. The summed E-state index contributed by atoms with van der Waals surface area (Å²) in [5, 5.41) is 11.8. The van der Waals surface area contributed by atoms with Crippen LogP contribution in [0, 0.1) is 5.82 Å². The first-order valence-electron chi connectivity index (χ1n) is 10.9. The normalized spacial score (nSPS) is 19.5. The Kier molecular flexibility index (Phi) is 5.91. The molecule has 32 heavy (non-hydrogen) atoms. The van der Waals surface area contributed by atoms with Crippen LogP contribution in [0.4, 0.5) is 4.39 Å². The second-order valence-corrected chi connectivity index (χ2v) is 8.28. The van der Waals surface area contributed by atoms with Crippen molar-refractivity contribution in [1.82, 2.24) is 30.2 Å². The van der Waals surface area contributed by atoms with Crippen LogP contribution in [-0.2, 0) is 24.4 Å². The molecule has 0 bridgehead atoms. The van der Waals surface area contributed by atoms with E-state index in [-0.39, 0.29) is 23.9 Å². The molecule has 3 aromatic rings. The summed E-state index contributed by atoms with van der Waals surface area (Å²) in [6.45, 7) is 3.48. The Morgan fingerprint density at radius 1 is 1.12 bits per heavy atom. The van der Waals surface area contributed by atoms with Crippen LogP contribution in [0.25, 0.3) is 0 Å². The Balaban J connectivity index is 1.14. The van der Waals surface area contributed by atoms with Crippen LogP contribution in [0.3, 0.4) is 0 Å². The standard InChI is InChI=1S/C23H25FN6O2/c24-18-3-1-16(2-4-18)22-14-30-21(15-32-22)20(27-28-30)13-29-11-7-19(8-12-29)26-23(31)17-5-9-25-10-6-17/h1-6,9-10,19,22H,7-8,11-15H2,(H,26,31). The Morgan fingerprint density at radius 3 is 2.62 bits per heavy atom. The zero-order valence-electron chi connectivity index (χ0n) is 17.7. The highest BCUT2D eigenvalue weighted by atomic mass is 19.1. The molecule has 166 valence electrons. The number of hydrogen-bond donors (Lipinski definition) is 1. The van der Waals surface area contributed by atoms with Crippen molar-refractivity contribution in [1.29, 1.82) is 0 Å². The second kappa shape index (κ2) is 9.13. The summed E-state index contributed by atoms with van der Waals surface area (Å²) < 4.78 is 21.1. The quantitative estimate of drug-likeness (QED) is 0.662. The predicted molar refractivity (Wildman–Crippen MR) is 114 cm³/mol. The molecule has 4 heterocycles. The summed E-state index contributed by atoms with van der Waals surface area (Å²) in [4.78, 5) is 18.6. The van der Waals surface area contributed by atoms with Crippen molar-refractivity contribution < 1.29 is 13.9 Å². The molecule has 1 aromatic carbocycles. The highest BCUT2D eigenvalue weighted by molar-refractivity contribution is 5.94. The van der Waals surface area contributed by atoms with Gasteiger partial charge in [0.05, 0.1) is 18.8 Å². The molecular weight excluding hydrogens is 411 g/mol. The molecule has 2 aliphatic heterocycles. The summed E-state index contributed by atoms with van der Waals surface area (Å²) in [6.07, 6.45) is 4.88.